The van der Waals surface area contributed by atoms with E-state index in [1.165, 1.54) is 23.4 Å². The molecule has 1 fully saturated rings. The quantitative estimate of drug-likeness (QED) is 0.335. The second kappa shape index (κ2) is 13.4. The van der Waals surface area contributed by atoms with Crippen LogP contribution in [0.15, 0.2) is 78.9 Å². The molecule has 3 aromatic carbocycles. The molecule has 1 aliphatic rings. The van der Waals surface area contributed by atoms with Gasteiger partial charge in [0.1, 0.15) is 11.9 Å². The van der Waals surface area contributed by atoms with Crippen LogP contribution in [0, 0.1) is 12.7 Å². The van der Waals surface area contributed by atoms with Gasteiger partial charge < -0.3 is 10.2 Å². The third-order valence-corrected chi connectivity index (χ3v) is 7.87. The number of carbonyl (C=O) groups is 2. The molecular formula is C31H35FN2O2S. The standard InChI is InChI=1S/C31H35FN2O2S/c1-23-15-17-25(18-16-23)21-37-22-30(35)34(20-26-11-5-8-14-28(26)32)29(19-24-9-3-2-4-10-24)31(36)33-27-12-6-7-13-27/h2-5,8-11,14-18,27,29H,6-7,12-13,19-22H2,1H3,(H,33,36). The van der Waals surface area contributed by atoms with Gasteiger partial charge >= 0.3 is 0 Å². The molecule has 0 aromatic heterocycles. The minimum atomic E-state index is -0.727. The van der Waals surface area contributed by atoms with E-state index in [0.717, 1.165) is 36.8 Å². The molecule has 1 aliphatic carbocycles. The zero-order valence-corrected chi connectivity index (χ0v) is 22.2. The number of hydrogen-bond acceptors (Lipinski definition) is 3. The van der Waals surface area contributed by atoms with Gasteiger partial charge in [0, 0.05) is 30.3 Å². The van der Waals surface area contributed by atoms with E-state index in [9.17, 15) is 14.0 Å². The summed E-state index contributed by atoms with van der Waals surface area (Å²) in [6.45, 7) is 2.09. The number of carbonyl (C=O) groups excluding carboxylic acids is 2. The molecule has 1 N–H and O–H groups in total. The van der Waals surface area contributed by atoms with E-state index in [4.69, 9.17) is 0 Å². The Balaban J connectivity index is 1.56. The second-order valence-corrected chi connectivity index (χ2v) is 10.8. The van der Waals surface area contributed by atoms with Gasteiger partial charge in [-0.2, -0.15) is 0 Å². The topological polar surface area (TPSA) is 49.4 Å². The molecule has 0 radical (unpaired) electrons. The van der Waals surface area contributed by atoms with Gasteiger partial charge in [-0.05, 0) is 37.0 Å². The van der Waals surface area contributed by atoms with Gasteiger partial charge in [0.2, 0.25) is 11.8 Å². The number of amides is 2. The van der Waals surface area contributed by atoms with Crippen LogP contribution in [0.1, 0.15) is 47.9 Å². The molecule has 37 heavy (non-hydrogen) atoms. The van der Waals surface area contributed by atoms with Crippen molar-refractivity contribution in [2.45, 2.75) is 63.4 Å². The Labute approximate surface area is 223 Å². The lowest BCUT2D eigenvalue weighted by atomic mass is 10.0. The summed E-state index contributed by atoms with van der Waals surface area (Å²) in [5.41, 5.74) is 3.71. The van der Waals surface area contributed by atoms with E-state index >= 15 is 0 Å². The van der Waals surface area contributed by atoms with Crippen LogP contribution < -0.4 is 5.32 Å². The lowest BCUT2D eigenvalue weighted by molar-refractivity contribution is -0.139. The summed E-state index contributed by atoms with van der Waals surface area (Å²) in [4.78, 5) is 28.9. The molecule has 0 bridgehead atoms. The van der Waals surface area contributed by atoms with Crippen molar-refractivity contribution >= 4 is 23.6 Å². The third kappa shape index (κ3) is 7.93. The number of halogens is 1. The highest BCUT2D eigenvalue weighted by Crippen LogP contribution is 2.22. The maximum Gasteiger partial charge on any atom is 0.243 e. The Morgan fingerprint density at radius 2 is 1.62 bits per heavy atom. The number of nitrogens with one attached hydrogen (secondary N) is 1. The summed E-state index contributed by atoms with van der Waals surface area (Å²) in [6, 6.07) is 23.9. The second-order valence-electron chi connectivity index (χ2n) is 9.79. The Hall–Kier alpha value is -3.12. The number of thioether (sulfide) groups is 1. The molecule has 6 heteroatoms. The maximum atomic E-state index is 14.7. The molecule has 0 heterocycles. The molecule has 2 amide bonds. The first kappa shape index (κ1) is 26.9. The first-order valence-electron chi connectivity index (χ1n) is 13.0. The third-order valence-electron chi connectivity index (χ3n) is 6.89. The molecular weight excluding hydrogens is 483 g/mol. The van der Waals surface area contributed by atoms with Crippen LogP contribution in [-0.2, 0) is 28.3 Å². The molecule has 0 saturated heterocycles. The number of benzene rings is 3. The fourth-order valence-electron chi connectivity index (χ4n) is 4.76. The van der Waals surface area contributed by atoms with Crippen molar-refractivity contribution in [2.75, 3.05) is 5.75 Å². The van der Waals surface area contributed by atoms with Gasteiger partial charge in [-0.3, -0.25) is 9.59 Å². The van der Waals surface area contributed by atoms with Gasteiger partial charge in [0.15, 0.2) is 0 Å². The average molecular weight is 519 g/mol. The molecule has 0 spiro atoms. The van der Waals surface area contributed by atoms with Crippen molar-refractivity contribution in [1.29, 1.82) is 0 Å². The van der Waals surface area contributed by atoms with Gasteiger partial charge in [-0.15, -0.1) is 11.8 Å². The first-order chi connectivity index (χ1) is 18.0. The highest BCUT2D eigenvalue weighted by atomic mass is 32.2. The van der Waals surface area contributed by atoms with Gasteiger partial charge in [-0.1, -0.05) is 91.2 Å². The molecule has 194 valence electrons. The first-order valence-corrected chi connectivity index (χ1v) is 14.2. The monoisotopic (exact) mass is 518 g/mol. The molecule has 1 unspecified atom stereocenters. The Bertz CT molecular complexity index is 1160. The van der Waals surface area contributed by atoms with Gasteiger partial charge in [0.05, 0.1) is 5.75 Å². The van der Waals surface area contributed by atoms with Crippen LogP contribution in [-0.4, -0.2) is 34.6 Å². The van der Waals surface area contributed by atoms with Crippen LogP contribution in [0.5, 0.6) is 0 Å². The van der Waals surface area contributed by atoms with Crippen LogP contribution in [0.2, 0.25) is 0 Å². The minimum absolute atomic E-state index is 0.0478. The Morgan fingerprint density at radius 1 is 0.946 bits per heavy atom. The fraction of sp³-hybridized carbons (Fsp3) is 0.355. The maximum absolute atomic E-state index is 14.7. The van der Waals surface area contributed by atoms with E-state index < -0.39 is 6.04 Å². The van der Waals surface area contributed by atoms with Crippen LogP contribution in [0.4, 0.5) is 4.39 Å². The van der Waals surface area contributed by atoms with Crippen molar-refractivity contribution in [3.63, 3.8) is 0 Å². The predicted octanol–water partition coefficient (Wildman–Crippen LogP) is 6.07. The fourth-order valence-corrected chi connectivity index (χ4v) is 5.63. The highest BCUT2D eigenvalue weighted by Gasteiger charge is 2.32. The van der Waals surface area contributed by atoms with Crippen molar-refractivity contribution in [3.8, 4) is 0 Å². The number of nitrogens with zero attached hydrogens (tertiary/aromatic N) is 1. The van der Waals surface area contributed by atoms with Crippen LogP contribution >= 0.6 is 11.8 Å². The van der Waals surface area contributed by atoms with E-state index in [1.807, 2.05) is 37.3 Å². The van der Waals surface area contributed by atoms with Crippen molar-refractivity contribution < 1.29 is 14.0 Å². The van der Waals surface area contributed by atoms with E-state index in [0.29, 0.717) is 17.7 Å². The van der Waals surface area contributed by atoms with Crippen molar-refractivity contribution in [2.24, 2.45) is 0 Å². The number of hydrogen-bond donors (Lipinski definition) is 1. The molecule has 1 saturated carbocycles. The molecule has 4 rings (SSSR count). The molecule has 0 aliphatic heterocycles. The van der Waals surface area contributed by atoms with Crippen LogP contribution in [0.25, 0.3) is 0 Å². The summed E-state index contributed by atoms with van der Waals surface area (Å²) in [6.07, 6.45) is 4.49. The smallest absolute Gasteiger partial charge is 0.243 e. The van der Waals surface area contributed by atoms with Crippen LogP contribution in [0.3, 0.4) is 0 Å². The Kier molecular flexibility index (Phi) is 9.78. The van der Waals surface area contributed by atoms with Crippen molar-refractivity contribution in [3.05, 3.63) is 107 Å². The minimum Gasteiger partial charge on any atom is -0.352 e. The summed E-state index contributed by atoms with van der Waals surface area (Å²) in [5.74, 6) is 0.204. The van der Waals surface area contributed by atoms with Gasteiger partial charge in [0.25, 0.3) is 0 Å². The number of aryl methyl sites for hydroxylation is 1. The summed E-state index contributed by atoms with van der Waals surface area (Å²) in [7, 11) is 0. The molecule has 3 aromatic rings. The predicted molar refractivity (Wildman–Crippen MR) is 149 cm³/mol. The summed E-state index contributed by atoms with van der Waals surface area (Å²) in [5, 5.41) is 3.19. The Morgan fingerprint density at radius 3 is 2.32 bits per heavy atom. The highest BCUT2D eigenvalue weighted by molar-refractivity contribution is 7.99. The van der Waals surface area contributed by atoms with Gasteiger partial charge in [-0.25, -0.2) is 4.39 Å². The lowest BCUT2D eigenvalue weighted by Gasteiger charge is -2.32. The number of rotatable bonds is 11. The molecule has 1 atom stereocenters. The molecule has 4 nitrogen and oxygen atoms in total. The SMILES string of the molecule is Cc1ccc(CSCC(=O)N(Cc2ccccc2F)C(Cc2ccccc2)C(=O)NC2CCCC2)cc1. The van der Waals surface area contributed by atoms with E-state index in [1.54, 1.807) is 23.1 Å². The summed E-state index contributed by atoms with van der Waals surface area (Å²) >= 11 is 1.52. The zero-order chi connectivity index (χ0) is 26.0. The van der Waals surface area contributed by atoms with E-state index in [-0.39, 0.29) is 36.0 Å². The average Bonchev–Trinajstić information content (AvgIpc) is 3.42. The van der Waals surface area contributed by atoms with Crippen molar-refractivity contribution in [1.82, 2.24) is 10.2 Å². The van der Waals surface area contributed by atoms with E-state index in [2.05, 4.69) is 29.6 Å². The lowest BCUT2D eigenvalue weighted by Crippen LogP contribution is -2.52. The largest absolute Gasteiger partial charge is 0.352 e. The summed E-state index contributed by atoms with van der Waals surface area (Å²) < 4.78 is 14.7. The zero-order valence-electron chi connectivity index (χ0n) is 21.4. The normalized spacial score (nSPS) is 14.3.